The quantitative estimate of drug-likeness (QED) is 0.151. The van der Waals surface area contributed by atoms with Gasteiger partial charge in [0.15, 0.2) is 0 Å². The van der Waals surface area contributed by atoms with E-state index < -0.39 is 5.41 Å². The number of rotatable bonds is 8. The molecule has 1 aliphatic carbocycles. The third kappa shape index (κ3) is 6.25. The molecule has 2 aromatic heterocycles. The minimum atomic E-state index is -0.529. The molecular formula is C67H43NOS. The van der Waals surface area contributed by atoms with E-state index in [1.807, 2.05) is 23.5 Å². The molecule has 0 bridgehead atoms. The highest BCUT2D eigenvalue weighted by molar-refractivity contribution is 7.26. The van der Waals surface area contributed by atoms with E-state index in [0.29, 0.717) is 0 Å². The number of nitrogens with zero attached hydrogens (tertiary/aromatic N) is 1. The van der Waals surface area contributed by atoms with Crippen LogP contribution < -0.4 is 4.90 Å². The summed E-state index contributed by atoms with van der Waals surface area (Å²) in [7, 11) is 0. The molecule has 328 valence electrons. The Morgan fingerprint density at radius 2 is 0.914 bits per heavy atom. The van der Waals surface area contributed by atoms with Gasteiger partial charge in [-0.25, -0.2) is 0 Å². The lowest BCUT2D eigenvalue weighted by Crippen LogP contribution is -2.28. The Morgan fingerprint density at radius 1 is 0.343 bits per heavy atom. The van der Waals surface area contributed by atoms with Crippen molar-refractivity contribution in [1.82, 2.24) is 0 Å². The number of benzene rings is 11. The number of hydrogen-bond acceptors (Lipinski definition) is 3. The van der Waals surface area contributed by atoms with E-state index in [1.165, 1.54) is 75.8 Å². The smallest absolute Gasteiger partial charge is 0.135 e. The van der Waals surface area contributed by atoms with Crippen LogP contribution in [0.1, 0.15) is 22.3 Å². The van der Waals surface area contributed by atoms with Crippen molar-refractivity contribution in [3.8, 4) is 44.5 Å². The largest absolute Gasteiger partial charge is 0.456 e. The molecule has 2 heterocycles. The van der Waals surface area contributed by atoms with E-state index in [1.54, 1.807) is 0 Å². The predicted octanol–water partition coefficient (Wildman–Crippen LogP) is 18.8. The van der Waals surface area contributed by atoms with Crippen molar-refractivity contribution in [2.45, 2.75) is 5.41 Å². The van der Waals surface area contributed by atoms with E-state index in [4.69, 9.17) is 4.42 Å². The first-order valence-electron chi connectivity index (χ1n) is 24.0. The lowest BCUT2D eigenvalue weighted by molar-refractivity contribution is 0.669. The highest BCUT2D eigenvalue weighted by atomic mass is 32.1. The van der Waals surface area contributed by atoms with Crippen LogP contribution in [0.4, 0.5) is 17.1 Å². The van der Waals surface area contributed by atoms with Gasteiger partial charge < -0.3 is 9.32 Å². The van der Waals surface area contributed by atoms with Crippen molar-refractivity contribution in [2.75, 3.05) is 4.90 Å². The van der Waals surface area contributed by atoms with E-state index in [0.717, 1.165) is 50.1 Å². The molecule has 0 unspecified atom stereocenters. The summed E-state index contributed by atoms with van der Waals surface area (Å²) in [5.41, 5.74) is 19.2. The van der Waals surface area contributed by atoms with Gasteiger partial charge in [0.25, 0.3) is 0 Å². The standard InChI is InChI=1S/C67H43NOS/c1-3-17-49(18-4-1)67(50-19-5-2-6-20-50)59-27-10-7-24-57(59)65-60(67)28-15-29-61(65)68(52-21-13-16-47(42-52)48-38-41-63-58(43-48)54-22-8-11-30-62(54)69-63)51-39-36-45(37-40-51)44-32-34-46(35-33-44)53-25-14-26-56-55-23-9-12-31-64(55)70-66(53)56/h1-43H. The van der Waals surface area contributed by atoms with Crippen LogP contribution in [-0.2, 0) is 5.41 Å². The molecule has 0 fully saturated rings. The summed E-state index contributed by atoms with van der Waals surface area (Å²) in [6.07, 6.45) is 0. The predicted molar refractivity (Wildman–Crippen MR) is 295 cm³/mol. The van der Waals surface area contributed by atoms with Crippen LogP contribution in [0.3, 0.4) is 0 Å². The maximum absolute atomic E-state index is 6.26. The number of furan rings is 1. The van der Waals surface area contributed by atoms with Crippen molar-refractivity contribution < 1.29 is 4.42 Å². The fourth-order valence-corrected chi connectivity index (χ4v) is 12.7. The van der Waals surface area contributed by atoms with Gasteiger partial charge in [0.05, 0.1) is 11.1 Å². The third-order valence-electron chi connectivity index (χ3n) is 14.6. The molecule has 0 spiro atoms. The summed E-state index contributed by atoms with van der Waals surface area (Å²) in [6, 6.07) is 95.6. The molecule has 14 rings (SSSR count). The summed E-state index contributed by atoms with van der Waals surface area (Å²) in [6.45, 7) is 0. The van der Waals surface area contributed by atoms with E-state index in [-0.39, 0.29) is 0 Å². The van der Waals surface area contributed by atoms with Gasteiger partial charge in [0, 0.05) is 47.9 Å². The lowest BCUT2D eigenvalue weighted by Gasteiger charge is -2.34. The molecule has 0 aliphatic heterocycles. The fourth-order valence-electron chi connectivity index (χ4n) is 11.4. The average molecular weight is 910 g/mol. The fraction of sp³-hybridized carbons (Fsp3) is 0.0149. The first kappa shape index (κ1) is 40.3. The third-order valence-corrected chi connectivity index (χ3v) is 15.8. The molecule has 2 nitrogen and oxygen atoms in total. The molecule has 1 aliphatic rings. The average Bonchev–Trinajstić information content (AvgIpc) is 4.11. The topological polar surface area (TPSA) is 16.4 Å². The van der Waals surface area contributed by atoms with Crippen LogP contribution >= 0.6 is 11.3 Å². The van der Waals surface area contributed by atoms with Gasteiger partial charge in [-0.1, -0.05) is 206 Å². The Kier molecular flexibility index (Phi) is 9.33. The van der Waals surface area contributed by atoms with Crippen LogP contribution in [0.15, 0.2) is 265 Å². The second-order valence-corrected chi connectivity index (χ2v) is 19.4. The van der Waals surface area contributed by atoms with Gasteiger partial charge in [-0.3, -0.25) is 0 Å². The minimum absolute atomic E-state index is 0.529. The van der Waals surface area contributed by atoms with Crippen LogP contribution in [-0.4, -0.2) is 0 Å². The zero-order chi connectivity index (χ0) is 46.2. The second-order valence-electron chi connectivity index (χ2n) is 18.3. The van der Waals surface area contributed by atoms with Gasteiger partial charge in [-0.05, 0) is 116 Å². The summed E-state index contributed by atoms with van der Waals surface area (Å²) in [4.78, 5) is 2.47. The van der Waals surface area contributed by atoms with E-state index in [9.17, 15) is 0 Å². The molecule has 0 saturated carbocycles. The molecule has 13 aromatic rings. The van der Waals surface area contributed by atoms with Crippen LogP contribution in [0, 0.1) is 0 Å². The molecule has 0 atom stereocenters. The van der Waals surface area contributed by atoms with Crippen molar-refractivity contribution in [2.24, 2.45) is 0 Å². The maximum atomic E-state index is 6.26. The molecule has 0 saturated heterocycles. The van der Waals surface area contributed by atoms with Gasteiger partial charge in [-0.15, -0.1) is 11.3 Å². The van der Waals surface area contributed by atoms with Crippen molar-refractivity contribution >= 4 is 70.5 Å². The first-order valence-corrected chi connectivity index (χ1v) is 24.8. The van der Waals surface area contributed by atoms with Crippen LogP contribution in [0.2, 0.25) is 0 Å². The van der Waals surface area contributed by atoms with Gasteiger partial charge in [0.2, 0.25) is 0 Å². The Labute approximate surface area is 410 Å². The SMILES string of the molecule is c1ccc(C2(c3ccccc3)c3ccccc3-c3c(N(c4ccc(-c5ccc(-c6cccc7c6sc6ccccc67)cc5)cc4)c4cccc(-c5ccc6oc7ccccc7c6c5)c4)cccc32)cc1. The monoisotopic (exact) mass is 909 g/mol. The van der Waals surface area contributed by atoms with Crippen molar-refractivity contribution in [1.29, 1.82) is 0 Å². The number of hydrogen-bond donors (Lipinski definition) is 0. The maximum Gasteiger partial charge on any atom is 0.135 e. The minimum Gasteiger partial charge on any atom is -0.456 e. The molecule has 3 heteroatoms. The Bertz CT molecular complexity index is 4070. The molecule has 11 aromatic carbocycles. The Hall–Kier alpha value is -8.76. The molecular weight excluding hydrogens is 867 g/mol. The molecule has 0 N–H and O–H groups in total. The summed E-state index contributed by atoms with van der Waals surface area (Å²) >= 11 is 1.88. The summed E-state index contributed by atoms with van der Waals surface area (Å²) in [5, 5.41) is 4.88. The summed E-state index contributed by atoms with van der Waals surface area (Å²) < 4.78 is 8.91. The normalized spacial score (nSPS) is 12.7. The van der Waals surface area contributed by atoms with Gasteiger partial charge in [-0.2, -0.15) is 0 Å². The number of para-hydroxylation sites is 1. The van der Waals surface area contributed by atoms with E-state index in [2.05, 4.69) is 254 Å². The lowest BCUT2D eigenvalue weighted by atomic mass is 9.68. The zero-order valence-corrected chi connectivity index (χ0v) is 38.9. The zero-order valence-electron chi connectivity index (χ0n) is 38.1. The van der Waals surface area contributed by atoms with Crippen LogP contribution in [0.25, 0.3) is 86.6 Å². The molecule has 70 heavy (non-hydrogen) atoms. The second kappa shape index (κ2) is 16.2. The molecule has 0 amide bonds. The van der Waals surface area contributed by atoms with Gasteiger partial charge >= 0.3 is 0 Å². The first-order chi connectivity index (χ1) is 34.7. The number of thiophene rings is 1. The van der Waals surface area contributed by atoms with E-state index >= 15 is 0 Å². The Balaban J connectivity index is 0.925. The highest BCUT2D eigenvalue weighted by Crippen LogP contribution is 2.59. The van der Waals surface area contributed by atoms with Crippen molar-refractivity contribution in [3.63, 3.8) is 0 Å². The van der Waals surface area contributed by atoms with Crippen molar-refractivity contribution in [3.05, 3.63) is 283 Å². The van der Waals surface area contributed by atoms with Crippen LogP contribution in [0.5, 0.6) is 0 Å². The number of fused-ring (bicyclic) bond motifs is 9. The molecule has 0 radical (unpaired) electrons. The Morgan fingerprint density at radius 3 is 1.71 bits per heavy atom. The highest BCUT2D eigenvalue weighted by Gasteiger charge is 2.47. The van der Waals surface area contributed by atoms with Gasteiger partial charge in [0.1, 0.15) is 11.2 Å². The number of anilines is 3. The summed E-state index contributed by atoms with van der Waals surface area (Å²) in [5.74, 6) is 0.